The van der Waals surface area contributed by atoms with Gasteiger partial charge in [-0.3, -0.25) is 14.4 Å². The molecular formula is C23H24N2O7. The SMILES string of the molecule is CCOc1ccccc1N1C[C@H](C(=O)OCC(=O)Nc2ccc(C(=O)OC)cc2)CC1=O. The Labute approximate surface area is 185 Å². The molecule has 3 rings (SSSR count). The smallest absolute Gasteiger partial charge is 0.337 e. The number of rotatable bonds is 8. The fourth-order valence-electron chi connectivity index (χ4n) is 3.32. The molecular weight excluding hydrogens is 416 g/mol. The van der Waals surface area contributed by atoms with Crippen LogP contribution < -0.4 is 15.0 Å². The van der Waals surface area contributed by atoms with Gasteiger partial charge < -0.3 is 24.4 Å². The van der Waals surface area contributed by atoms with Crippen LogP contribution in [0.15, 0.2) is 48.5 Å². The van der Waals surface area contributed by atoms with Crippen LogP contribution in [0, 0.1) is 5.92 Å². The minimum absolute atomic E-state index is 0.00407. The van der Waals surface area contributed by atoms with Crippen molar-refractivity contribution in [1.29, 1.82) is 0 Å². The quantitative estimate of drug-likeness (QED) is 0.628. The van der Waals surface area contributed by atoms with Crippen molar-refractivity contribution in [2.24, 2.45) is 5.92 Å². The molecule has 1 heterocycles. The van der Waals surface area contributed by atoms with E-state index in [0.29, 0.717) is 29.3 Å². The standard InChI is InChI=1S/C23H24N2O7/c1-3-31-19-7-5-4-6-18(19)25-13-16(12-21(25)27)23(29)32-14-20(26)24-17-10-8-15(9-11-17)22(28)30-2/h4-11,16H,3,12-14H2,1-2H3,(H,24,26)/t16-/m1/s1. The van der Waals surface area contributed by atoms with Gasteiger partial charge in [-0.05, 0) is 43.3 Å². The molecule has 2 aromatic carbocycles. The van der Waals surface area contributed by atoms with Gasteiger partial charge in [0.05, 0.1) is 30.9 Å². The van der Waals surface area contributed by atoms with E-state index in [1.807, 2.05) is 13.0 Å². The fourth-order valence-corrected chi connectivity index (χ4v) is 3.32. The van der Waals surface area contributed by atoms with Gasteiger partial charge in [0.15, 0.2) is 6.61 Å². The molecule has 32 heavy (non-hydrogen) atoms. The number of methoxy groups -OCH3 is 1. The van der Waals surface area contributed by atoms with E-state index in [1.54, 1.807) is 18.2 Å². The Balaban J connectivity index is 1.52. The zero-order valence-corrected chi connectivity index (χ0v) is 17.8. The fraction of sp³-hybridized carbons (Fsp3) is 0.304. The van der Waals surface area contributed by atoms with Crippen LogP contribution in [0.5, 0.6) is 5.75 Å². The first-order valence-corrected chi connectivity index (χ1v) is 10.1. The number of hydrogen-bond donors (Lipinski definition) is 1. The molecule has 9 heteroatoms. The summed E-state index contributed by atoms with van der Waals surface area (Å²) in [5.74, 6) is -1.97. The highest BCUT2D eigenvalue weighted by Crippen LogP contribution is 2.33. The van der Waals surface area contributed by atoms with Crippen LogP contribution in [0.25, 0.3) is 0 Å². The van der Waals surface area contributed by atoms with Crippen molar-refractivity contribution in [3.63, 3.8) is 0 Å². The average Bonchev–Trinajstić information content (AvgIpc) is 3.19. The van der Waals surface area contributed by atoms with Crippen molar-refractivity contribution in [2.75, 3.05) is 37.1 Å². The molecule has 0 radical (unpaired) electrons. The van der Waals surface area contributed by atoms with E-state index in [4.69, 9.17) is 9.47 Å². The van der Waals surface area contributed by atoms with Crippen molar-refractivity contribution in [3.8, 4) is 5.75 Å². The summed E-state index contributed by atoms with van der Waals surface area (Å²) in [6.07, 6.45) is -0.00407. The van der Waals surface area contributed by atoms with E-state index in [1.165, 1.54) is 36.3 Å². The van der Waals surface area contributed by atoms with Gasteiger partial charge in [0.1, 0.15) is 5.75 Å². The Kier molecular flexibility index (Phi) is 7.43. The van der Waals surface area contributed by atoms with Gasteiger partial charge in [0.2, 0.25) is 5.91 Å². The van der Waals surface area contributed by atoms with E-state index in [9.17, 15) is 19.2 Å². The molecule has 1 atom stereocenters. The molecule has 168 valence electrons. The molecule has 1 saturated heterocycles. The highest BCUT2D eigenvalue weighted by atomic mass is 16.5. The molecule has 1 aliphatic heterocycles. The summed E-state index contributed by atoms with van der Waals surface area (Å²) in [6.45, 7) is 1.96. The molecule has 1 fully saturated rings. The highest BCUT2D eigenvalue weighted by Gasteiger charge is 2.37. The minimum Gasteiger partial charge on any atom is -0.492 e. The largest absolute Gasteiger partial charge is 0.492 e. The maximum absolute atomic E-state index is 12.5. The Morgan fingerprint density at radius 3 is 2.50 bits per heavy atom. The molecule has 0 saturated carbocycles. The topological polar surface area (TPSA) is 111 Å². The summed E-state index contributed by atoms with van der Waals surface area (Å²) in [5.41, 5.74) is 1.38. The van der Waals surface area contributed by atoms with Crippen LogP contribution in [0.1, 0.15) is 23.7 Å². The number of carbonyl (C=O) groups excluding carboxylic acids is 4. The van der Waals surface area contributed by atoms with Crippen LogP contribution in [0.2, 0.25) is 0 Å². The Hall–Kier alpha value is -3.88. The number of ether oxygens (including phenoxy) is 3. The van der Waals surface area contributed by atoms with Gasteiger partial charge >= 0.3 is 11.9 Å². The highest BCUT2D eigenvalue weighted by molar-refractivity contribution is 6.01. The molecule has 1 aliphatic rings. The summed E-state index contributed by atoms with van der Waals surface area (Å²) in [6, 6.07) is 13.2. The van der Waals surface area contributed by atoms with Gasteiger partial charge in [0, 0.05) is 18.7 Å². The zero-order chi connectivity index (χ0) is 23.1. The molecule has 2 amide bonds. The lowest BCUT2D eigenvalue weighted by molar-refractivity contribution is -0.151. The normalized spacial score (nSPS) is 15.2. The molecule has 0 spiro atoms. The summed E-state index contributed by atoms with van der Waals surface area (Å²) in [4.78, 5) is 49.9. The molecule has 0 aliphatic carbocycles. The van der Waals surface area contributed by atoms with Gasteiger partial charge in [-0.2, -0.15) is 0 Å². The van der Waals surface area contributed by atoms with E-state index in [-0.39, 0.29) is 18.9 Å². The second kappa shape index (κ2) is 10.4. The summed E-state index contributed by atoms with van der Waals surface area (Å²) in [5, 5.41) is 2.57. The number of para-hydroxylation sites is 2. The number of carbonyl (C=O) groups is 4. The van der Waals surface area contributed by atoms with Crippen LogP contribution in [0.3, 0.4) is 0 Å². The Bertz CT molecular complexity index is 1000. The number of hydrogen-bond acceptors (Lipinski definition) is 7. The third kappa shape index (κ3) is 5.42. The van der Waals surface area contributed by atoms with Crippen LogP contribution >= 0.6 is 0 Å². The van der Waals surface area contributed by atoms with Crippen LogP contribution in [-0.4, -0.2) is 50.6 Å². The Morgan fingerprint density at radius 2 is 1.81 bits per heavy atom. The number of benzene rings is 2. The molecule has 0 aromatic heterocycles. The number of esters is 2. The number of anilines is 2. The van der Waals surface area contributed by atoms with Crippen molar-refractivity contribution in [1.82, 2.24) is 0 Å². The average molecular weight is 440 g/mol. The van der Waals surface area contributed by atoms with Gasteiger partial charge in [-0.25, -0.2) is 4.79 Å². The van der Waals surface area contributed by atoms with Gasteiger partial charge in [0.25, 0.3) is 5.91 Å². The Morgan fingerprint density at radius 1 is 1.09 bits per heavy atom. The second-order valence-electron chi connectivity index (χ2n) is 7.03. The first-order valence-electron chi connectivity index (χ1n) is 10.1. The lowest BCUT2D eigenvalue weighted by Crippen LogP contribution is -2.28. The predicted molar refractivity (Wildman–Crippen MR) is 115 cm³/mol. The lowest BCUT2D eigenvalue weighted by atomic mass is 10.1. The third-order valence-corrected chi connectivity index (χ3v) is 4.85. The van der Waals surface area contributed by atoms with Crippen molar-refractivity contribution >= 4 is 35.1 Å². The van der Waals surface area contributed by atoms with E-state index >= 15 is 0 Å². The first kappa shape index (κ1) is 22.8. The lowest BCUT2D eigenvalue weighted by Gasteiger charge is -2.19. The second-order valence-corrected chi connectivity index (χ2v) is 7.03. The molecule has 1 N–H and O–H groups in total. The van der Waals surface area contributed by atoms with Crippen molar-refractivity contribution in [3.05, 3.63) is 54.1 Å². The zero-order valence-electron chi connectivity index (χ0n) is 17.8. The van der Waals surface area contributed by atoms with Crippen molar-refractivity contribution in [2.45, 2.75) is 13.3 Å². The van der Waals surface area contributed by atoms with E-state index in [2.05, 4.69) is 10.1 Å². The third-order valence-electron chi connectivity index (χ3n) is 4.85. The van der Waals surface area contributed by atoms with Crippen LogP contribution in [-0.2, 0) is 23.9 Å². The summed E-state index contributed by atoms with van der Waals surface area (Å²) < 4.78 is 15.3. The van der Waals surface area contributed by atoms with E-state index < -0.39 is 30.4 Å². The van der Waals surface area contributed by atoms with E-state index in [0.717, 1.165) is 0 Å². The number of nitrogens with zero attached hydrogens (tertiary/aromatic N) is 1. The first-order chi connectivity index (χ1) is 15.4. The molecule has 0 bridgehead atoms. The van der Waals surface area contributed by atoms with Crippen LogP contribution in [0.4, 0.5) is 11.4 Å². The van der Waals surface area contributed by atoms with Crippen molar-refractivity contribution < 1.29 is 33.4 Å². The maximum atomic E-state index is 12.5. The summed E-state index contributed by atoms with van der Waals surface area (Å²) in [7, 11) is 1.28. The minimum atomic E-state index is -0.677. The van der Waals surface area contributed by atoms with Gasteiger partial charge in [-0.1, -0.05) is 12.1 Å². The van der Waals surface area contributed by atoms with Gasteiger partial charge in [-0.15, -0.1) is 0 Å². The molecule has 2 aromatic rings. The molecule has 9 nitrogen and oxygen atoms in total. The maximum Gasteiger partial charge on any atom is 0.337 e. The number of nitrogens with one attached hydrogen (secondary N) is 1. The predicted octanol–water partition coefficient (Wildman–Crippen LogP) is 2.41. The monoisotopic (exact) mass is 440 g/mol. The molecule has 0 unspecified atom stereocenters. The summed E-state index contributed by atoms with van der Waals surface area (Å²) >= 11 is 0. The number of amides is 2.